The number of benzene rings is 2. The predicted octanol–water partition coefficient (Wildman–Crippen LogP) is 3.19. The first-order chi connectivity index (χ1) is 14.7. The molecule has 1 aliphatic rings. The first-order valence-electron chi connectivity index (χ1n) is 9.07. The smallest absolute Gasteiger partial charge is 0.320 e. The van der Waals surface area contributed by atoms with Gasteiger partial charge in [0.05, 0.1) is 22.6 Å². The monoisotopic (exact) mass is 429 g/mol. The summed E-state index contributed by atoms with van der Waals surface area (Å²) < 4.78 is 40.7. The number of alkyl halides is 3. The maximum absolute atomic E-state index is 13.2. The van der Waals surface area contributed by atoms with Crippen molar-refractivity contribution >= 4 is 29.1 Å². The molecule has 2 heterocycles. The summed E-state index contributed by atoms with van der Waals surface area (Å²) in [4.78, 5) is 41.1. The van der Waals surface area contributed by atoms with Crippen molar-refractivity contribution in [2.75, 3.05) is 10.2 Å². The summed E-state index contributed by atoms with van der Waals surface area (Å²) in [7, 11) is 0. The Balaban J connectivity index is 1.62. The van der Waals surface area contributed by atoms with Gasteiger partial charge in [-0.1, -0.05) is 0 Å². The Bertz CT molecular complexity index is 1140. The second-order valence-electron chi connectivity index (χ2n) is 6.69. The maximum Gasteiger partial charge on any atom is 0.416 e. The van der Waals surface area contributed by atoms with Crippen LogP contribution in [0.25, 0.3) is 5.69 Å². The minimum atomic E-state index is -4.60. The van der Waals surface area contributed by atoms with Gasteiger partial charge in [0.1, 0.15) is 12.7 Å². The highest BCUT2D eigenvalue weighted by molar-refractivity contribution is 6.20. The van der Waals surface area contributed by atoms with Crippen LogP contribution in [0.2, 0.25) is 0 Å². The Hall–Kier alpha value is -4.02. The Morgan fingerprint density at radius 3 is 2.26 bits per heavy atom. The standard InChI is InChI=1S/C20H14F3N5O3/c21-20(22,23)13-3-6-16(27-11-24-10-25-27)15(9-13)26-19(31)12-1-4-14(5-2-12)28-17(29)7-8-18(28)30/h1-6,9-11H,7-8H2,(H,26,31). The number of hydrogen-bond donors (Lipinski definition) is 1. The first kappa shape index (κ1) is 20.3. The molecule has 1 fully saturated rings. The highest BCUT2D eigenvalue weighted by Crippen LogP contribution is 2.33. The predicted molar refractivity (Wildman–Crippen MR) is 102 cm³/mol. The zero-order valence-electron chi connectivity index (χ0n) is 15.8. The summed E-state index contributed by atoms with van der Waals surface area (Å²) in [6, 6.07) is 8.50. The van der Waals surface area contributed by atoms with Gasteiger partial charge in [-0.25, -0.2) is 9.67 Å². The first-order valence-corrected chi connectivity index (χ1v) is 9.07. The van der Waals surface area contributed by atoms with Crippen LogP contribution < -0.4 is 10.2 Å². The highest BCUT2D eigenvalue weighted by atomic mass is 19.4. The molecule has 1 aliphatic heterocycles. The largest absolute Gasteiger partial charge is 0.416 e. The van der Waals surface area contributed by atoms with E-state index in [2.05, 4.69) is 15.4 Å². The molecule has 8 nitrogen and oxygen atoms in total. The molecule has 2 aromatic carbocycles. The van der Waals surface area contributed by atoms with E-state index in [1.807, 2.05) is 0 Å². The lowest BCUT2D eigenvalue weighted by Crippen LogP contribution is -2.28. The molecule has 1 saturated heterocycles. The summed E-state index contributed by atoms with van der Waals surface area (Å²) >= 11 is 0. The van der Waals surface area contributed by atoms with E-state index in [1.165, 1.54) is 47.7 Å². The molecule has 0 spiro atoms. The SMILES string of the molecule is O=C(Nc1cc(C(F)(F)F)ccc1-n1cncn1)c1ccc(N2C(=O)CCC2=O)cc1. The Kier molecular flexibility index (Phi) is 5.01. The summed E-state index contributed by atoms with van der Waals surface area (Å²) in [6.45, 7) is 0. The van der Waals surface area contributed by atoms with Gasteiger partial charge in [-0.2, -0.15) is 18.3 Å². The number of aromatic nitrogens is 3. The number of hydrogen-bond acceptors (Lipinski definition) is 5. The van der Waals surface area contributed by atoms with E-state index in [-0.39, 0.29) is 41.6 Å². The minimum absolute atomic E-state index is 0.112. The number of anilines is 2. The van der Waals surface area contributed by atoms with Crippen molar-refractivity contribution in [3.63, 3.8) is 0 Å². The lowest BCUT2D eigenvalue weighted by atomic mass is 10.1. The van der Waals surface area contributed by atoms with Crippen LogP contribution in [0, 0.1) is 0 Å². The number of carbonyl (C=O) groups excluding carboxylic acids is 3. The van der Waals surface area contributed by atoms with Gasteiger partial charge in [-0.3, -0.25) is 19.3 Å². The Morgan fingerprint density at radius 2 is 1.68 bits per heavy atom. The second kappa shape index (κ2) is 7.67. The van der Waals surface area contributed by atoms with Gasteiger partial charge in [0.15, 0.2) is 0 Å². The lowest BCUT2D eigenvalue weighted by molar-refractivity contribution is -0.137. The number of halogens is 3. The number of amides is 3. The van der Waals surface area contributed by atoms with Crippen molar-refractivity contribution in [1.82, 2.24) is 14.8 Å². The normalized spacial score (nSPS) is 14.2. The Labute approximate surface area is 173 Å². The third-order valence-corrected chi connectivity index (χ3v) is 4.68. The molecule has 0 atom stereocenters. The van der Waals surface area contributed by atoms with E-state index >= 15 is 0 Å². The molecule has 4 rings (SSSR count). The molecule has 0 bridgehead atoms. The molecule has 158 valence electrons. The van der Waals surface area contributed by atoms with Crippen molar-refractivity contribution in [2.45, 2.75) is 19.0 Å². The number of carbonyl (C=O) groups is 3. The lowest BCUT2D eigenvalue weighted by Gasteiger charge is -2.16. The molecule has 0 saturated carbocycles. The van der Waals surface area contributed by atoms with Gasteiger partial charge >= 0.3 is 6.18 Å². The van der Waals surface area contributed by atoms with Crippen LogP contribution in [-0.4, -0.2) is 32.5 Å². The van der Waals surface area contributed by atoms with Crippen LogP contribution in [0.3, 0.4) is 0 Å². The van der Waals surface area contributed by atoms with Crippen LogP contribution in [-0.2, 0) is 15.8 Å². The van der Waals surface area contributed by atoms with Crippen LogP contribution in [0.15, 0.2) is 55.1 Å². The quantitative estimate of drug-likeness (QED) is 0.643. The molecule has 1 N–H and O–H groups in total. The van der Waals surface area contributed by atoms with Crippen molar-refractivity contribution in [1.29, 1.82) is 0 Å². The van der Waals surface area contributed by atoms with Crippen molar-refractivity contribution in [3.05, 3.63) is 66.2 Å². The van der Waals surface area contributed by atoms with Crippen molar-refractivity contribution < 1.29 is 27.6 Å². The van der Waals surface area contributed by atoms with Gasteiger partial charge in [0.25, 0.3) is 5.91 Å². The molecule has 0 radical (unpaired) electrons. The van der Waals surface area contributed by atoms with Crippen LogP contribution in [0.1, 0.15) is 28.8 Å². The zero-order valence-corrected chi connectivity index (χ0v) is 15.8. The van der Waals surface area contributed by atoms with Crippen LogP contribution >= 0.6 is 0 Å². The minimum Gasteiger partial charge on any atom is -0.320 e. The van der Waals surface area contributed by atoms with Gasteiger partial charge in [-0.05, 0) is 42.5 Å². The zero-order chi connectivity index (χ0) is 22.2. The fourth-order valence-corrected chi connectivity index (χ4v) is 3.17. The van der Waals surface area contributed by atoms with E-state index in [0.29, 0.717) is 5.69 Å². The van der Waals surface area contributed by atoms with Crippen molar-refractivity contribution in [2.24, 2.45) is 0 Å². The van der Waals surface area contributed by atoms with E-state index in [0.717, 1.165) is 17.0 Å². The number of nitrogens with zero attached hydrogens (tertiary/aromatic N) is 4. The number of nitrogens with one attached hydrogen (secondary N) is 1. The van der Waals surface area contributed by atoms with E-state index < -0.39 is 17.6 Å². The molecule has 31 heavy (non-hydrogen) atoms. The summed E-state index contributed by atoms with van der Waals surface area (Å²) in [6.07, 6.45) is -1.85. The van der Waals surface area contributed by atoms with Crippen LogP contribution in [0.5, 0.6) is 0 Å². The summed E-state index contributed by atoms with van der Waals surface area (Å²) in [5.74, 6) is -1.33. The van der Waals surface area contributed by atoms with E-state index in [9.17, 15) is 27.6 Å². The molecular formula is C20H14F3N5O3. The molecule has 3 amide bonds. The van der Waals surface area contributed by atoms with Gasteiger partial charge < -0.3 is 5.32 Å². The average molecular weight is 429 g/mol. The molecule has 0 aliphatic carbocycles. The third kappa shape index (κ3) is 4.02. The van der Waals surface area contributed by atoms with Crippen molar-refractivity contribution in [3.8, 4) is 5.69 Å². The molecule has 11 heteroatoms. The molecule has 3 aromatic rings. The van der Waals surface area contributed by atoms with E-state index in [1.54, 1.807) is 0 Å². The molecular weight excluding hydrogens is 415 g/mol. The van der Waals surface area contributed by atoms with Gasteiger partial charge in [-0.15, -0.1) is 0 Å². The molecule has 1 aromatic heterocycles. The Morgan fingerprint density at radius 1 is 1.00 bits per heavy atom. The summed E-state index contributed by atoms with van der Waals surface area (Å²) in [5.41, 5.74) is -0.396. The number of imide groups is 1. The topological polar surface area (TPSA) is 97.2 Å². The maximum atomic E-state index is 13.2. The molecule has 0 unspecified atom stereocenters. The average Bonchev–Trinajstić information content (AvgIpc) is 3.37. The summed E-state index contributed by atoms with van der Waals surface area (Å²) in [5, 5.41) is 6.35. The van der Waals surface area contributed by atoms with E-state index in [4.69, 9.17) is 0 Å². The van der Waals surface area contributed by atoms with Gasteiger partial charge in [0.2, 0.25) is 11.8 Å². The highest BCUT2D eigenvalue weighted by Gasteiger charge is 2.32. The second-order valence-corrected chi connectivity index (χ2v) is 6.69. The number of rotatable bonds is 4. The van der Waals surface area contributed by atoms with Gasteiger partial charge in [0, 0.05) is 18.4 Å². The fraction of sp³-hybridized carbons (Fsp3) is 0.150. The third-order valence-electron chi connectivity index (χ3n) is 4.68. The fourth-order valence-electron chi connectivity index (χ4n) is 3.17. The van der Waals surface area contributed by atoms with Crippen LogP contribution in [0.4, 0.5) is 24.5 Å².